The molecule has 0 bridgehead atoms. The Morgan fingerprint density at radius 1 is 1.06 bits per heavy atom. The number of benzene rings is 2. The molecule has 0 aliphatic heterocycles. The summed E-state index contributed by atoms with van der Waals surface area (Å²) in [6, 6.07) is 14.2. The summed E-state index contributed by atoms with van der Waals surface area (Å²) in [6.07, 6.45) is 2.21. The number of aryl methyl sites for hydroxylation is 1. The van der Waals surface area contributed by atoms with E-state index in [1.807, 2.05) is 19.1 Å². The molecule has 2 amide bonds. The fourth-order valence-electron chi connectivity index (χ4n) is 3.71. The van der Waals surface area contributed by atoms with Crippen LogP contribution in [0.3, 0.4) is 0 Å². The van der Waals surface area contributed by atoms with Crippen molar-refractivity contribution >= 4 is 39.1 Å². The number of fused-ring (bicyclic) bond motifs is 1. The third-order valence-corrected chi connectivity index (χ3v) is 5.81. The van der Waals surface area contributed by atoms with Crippen LogP contribution < -0.4 is 15.5 Å². The predicted octanol–water partition coefficient (Wildman–Crippen LogP) is 5.08. The quantitative estimate of drug-likeness (QED) is 0.482. The number of anilines is 1. The van der Waals surface area contributed by atoms with Crippen LogP contribution in [-0.4, -0.2) is 24.6 Å². The minimum Gasteiger partial charge on any atom is -0.495 e. The summed E-state index contributed by atoms with van der Waals surface area (Å²) < 4.78 is 12.1. The molecule has 32 heavy (non-hydrogen) atoms. The molecule has 164 valence electrons. The summed E-state index contributed by atoms with van der Waals surface area (Å²) in [5, 5.41) is 7.21. The summed E-state index contributed by atoms with van der Waals surface area (Å²) >= 11 is 3.36. The third kappa shape index (κ3) is 4.45. The van der Waals surface area contributed by atoms with Crippen LogP contribution in [0.5, 0.6) is 5.75 Å². The van der Waals surface area contributed by atoms with Crippen molar-refractivity contribution in [3.8, 4) is 5.75 Å². The number of methoxy groups -OCH3 is 1. The van der Waals surface area contributed by atoms with E-state index >= 15 is 0 Å². The Bertz CT molecular complexity index is 1200. The van der Waals surface area contributed by atoms with Crippen LogP contribution in [0.2, 0.25) is 0 Å². The van der Waals surface area contributed by atoms with Crippen LogP contribution >= 0.6 is 15.9 Å². The lowest BCUT2D eigenvalue weighted by Gasteiger charge is -2.13. The number of carbonyl (C=O) groups excluding carboxylic acids is 2. The molecule has 1 aliphatic rings. The lowest BCUT2D eigenvalue weighted by molar-refractivity contribution is 0.0953. The molecule has 0 saturated heterocycles. The van der Waals surface area contributed by atoms with Crippen LogP contribution in [0, 0.1) is 6.92 Å². The van der Waals surface area contributed by atoms with Crippen molar-refractivity contribution in [1.29, 1.82) is 0 Å². The number of hydrazone groups is 1. The number of hydrogen-bond acceptors (Lipinski definition) is 5. The number of para-hydroxylation sites is 2. The number of carbonyl (C=O) groups is 2. The number of nitrogens with one attached hydrogen (secondary N) is 2. The van der Waals surface area contributed by atoms with Gasteiger partial charge < -0.3 is 14.5 Å². The average Bonchev–Trinajstić information content (AvgIpc) is 3.15. The summed E-state index contributed by atoms with van der Waals surface area (Å²) in [7, 11) is 1.55. The molecule has 0 spiro atoms. The Morgan fingerprint density at radius 2 is 1.81 bits per heavy atom. The maximum absolute atomic E-state index is 12.9. The maximum Gasteiger partial charge on any atom is 0.291 e. The molecule has 0 unspecified atom stereocenters. The van der Waals surface area contributed by atoms with Gasteiger partial charge in [-0.1, -0.05) is 28.1 Å². The van der Waals surface area contributed by atoms with Crippen molar-refractivity contribution in [1.82, 2.24) is 5.43 Å². The summed E-state index contributed by atoms with van der Waals surface area (Å²) in [4.78, 5) is 25.4. The molecule has 1 heterocycles. The van der Waals surface area contributed by atoms with Gasteiger partial charge in [-0.25, -0.2) is 5.43 Å². The van der Waals surface area contributed by atoms with Crippen molar-refractivity contribution < 1.29 is 18.7 Å². The fraction of sp³-hybridized carbons (Fsp3) is 0.208. The number of furan rings is 1. The maximum atomic E-state index is 12.9. The summed E-state index contributed by atoms with van der Waals surface area (Å²) in [6.45, 7) is 1.83. The Labute approximate surface area is 194 Å². The van der Waals surface area contributed by atoms with Gasteiger partial charge >= 0.3 is 0 Å². The first-order valence-electron chi connectivity index (χ1n) is 10.2. The van der Waals surface area contributed by atoms with Crippen molar-refractivity contribution in [3.63, 3.8) is 0 Å². The van der Waals surface area contributed by atoms with Crippen LogP contribution in [-0.2, 0) is 6.42 Å². The number of amides is 2. The van der Waals surface area contributed by atoms with Gasteiger partial charge in [-0.15, -0.1) is 0 Å². The topological polar surface area (TPSA) is 92.9 Å². The zero-order valence-electron chi connectivity index (χ0n) is 17.7. The Balaban J connectivity index is 1.57. The molecule has 0 radical (unpaired) electrons. The normalized spacial score (nSPS) is 14.0. The van der Waals surface area contributed by atoms with E-state index in [0.717, 1.165) is 16.5 Å². The molecule has 7 nitrogen and oxygen atoms in total. The monoisotopic (exact) mass is 495 g/mol. The first kappa shape index (κ1) is 21.8. The van der Waals surface area contributed by atoms with Gasteiger partial charge in [0.15, 0.2) is 5.76 Å². The van der Waals surface area contributed by atoms with E-state index in [-0.39, 0.29) is 17.6 Å². The van der Waals surface area contributed by atoms with Gasteiger partial charge in [0.25, 0.3) is 11.8 Å². The van der Waals surface area contributed by atoms with E-state index in [1.54, 1.807) is 43.5 Å². The standard InChI is InChI=1S/C24H22BrN3O4/c1-14-21-18(27-28-23(29)15-10-12-16(25)13-11-15)7-5-9-20(21)32-22(14)24(30)26-17-6-3-4-8-19(17)31-2/h3-4,6,8,10-13H,5,7,9H2,1-2H3,(H,26,30)(H,28,29)/b27-18+. The minimum absolute atomic E-state index is 0.231. The van der Waals surface area contributed by atoms with Crippen LogP contribution in [0.15, 0.2) is 62.5 Å². The second kappa shape index (κ2) is 9.40. The molecular formula is C24H22BrN3O4. The molecule has 1 aliphatic carbocycles. The molecule has 2 aromatic carbocycles. The number of halogens is 1. The van der Waals surface area contributed by atoms with E-state index in [2.05, 4.69) is 31.8 Å². The van der Waals surface area contributed by atoms with Crippen molar-refractivity contribution in [2.24, 2.45) is 5.10 Å². The van der Waals surface area contributed by atoms with Gasteiger partial charge in [-0.05, 0) is 56.2 Å². The molecule has 0 atom stereocenters. The Morgan fingerprint density at radius 3 is 2.56 bits per heavy atom. The first-order chi connectivity index (χ1) is 15.5. The number of ether oxygens (including phenoxy) is 1. The van der Waals surface area contributed by atoms with Gasteiger partial charge in [-0.3, -0.25) is 9.59 Å². The van der Waals surface area contributed by atoms with Gasteiger partial charge in [0, 0.05) is 27.6 Å². The molecule has 2 N–H and O–H groups in total. The van der Waals surface area contributed by atoms with Gasteiger partial charge in [0.05, 0.1) is 18.5 Å². The van der Waals surface area contributed by atoms with Gasteiger partial charge in [0.1, 0.15) is 11.5 Å². The fourth-order valence-corrected chi connectivity index (χ4v) is 3.97. The lowest BCUT2D eigenvalue weighted by atomic mass is 9.93. The highest BCUT2D eigenvalue weighted by atomic mass is 79.9. The van der Waals surface area contributed by atoms with Gasteiger partial charge in [0.2, 0.25) is 0 Å². The summed E-state index contributed by atoms with van der Waals surface area (Å²) in [5.74, 6) is 0.838. The summed E-state index contributed by atoms with van der Waals surface area (Å²) in [5.41, 5.74) is 5.88. The van der Waals surface area contributed by atoms with Crippen LogP contribution in [0.4, 0.5) is 5.69 Å². The van der Waals surface area contributed by atoms with E-state index in [1.165, 1.54) is 0 Å². The number of hydrogen-bond donors (Lipinski definition) is 2. The highest BCUT2D eigenvalue weighted by molar-refractivity contribution is 9.10. The van der Waals surface area contributed by atoms with Gasteiger partial charge in [-0.2, -0.15) is 5.10 Å². The highest BCUT2D eigenvalue weighted by Gasteiger charge is 2.28. The largest absolute Gasteiger partial charge is 0.495 e. The zero-order valence-corrected chi connectivity index (χ0v) is 19.3. The van der Waals surface area contributed by atoms with Crippen LogP contribution in [0.1, 0.15) is 50.6 Å². The second-order valence-electron chi connectivity index (χ2n) is 7.37. The number of rotatable bonds is 5. The zero-order chi connectivity index (χ0) is 22.7. The Kier molecular flexibility index (Phi) is 6.41. The minimum atomic E-state index is -0.361. The molecule has 8 heteroatoms. The molecular weight excluding hydrogens is 474 g/mol. The Hall–Kier alpha value is -3.39. The van der Waals surface area contributed by atoms with Crippen molar-refractivity contribution in [2.45, 2.75) is 26.2 Å². The van der Waals surface area contributed by atoms with Crippen molar-refractivity contribution in [2.75, 3.05) is 12.4 Å². The molecule has 1 aromatic heterocycles. The SMILES string of the molecule is COc1ccccc1NC(=O)c1oc2c(c1C)/C(=N/NC(=O)c1ccc(Br)cc1)CCC2. The van der Waals surface area contributed by atoms with E-state index < -0.39 is 0 Å². The first-order valence-corrected chi connectivity index (χ1v) is 11.0. The van der Waals surface area contributed by atoms with E-state index in [4.69, 9.17) is 9.15 Å². The van der Waals surface area contributed by atoms with E-state index in [9.17, 15) is 9.59 Å². The van der Waals surface area contributed by atoms with Crippen molar-refractivity contribution in [3.05, 3.63) is 81.2 Å². The predicted molar refractivity (Wildman–Crippen MR) is 125 cm³/mol. The molecule has 3 aromatic rings. The second-order valence-corrected chi connectivity index (χ2v) is 8.28. The molecule has 0 fully saturated rings. The molecule has 4 rings (SSSR count). The van der Waals surface area contributed by atoms with E-state index in [0.29, 0.717) is 46.9 Å². The number of nitrogens with zero attached hydrogens (tertiary/aromatic N) is 1. The highest BCUT2D eigenvalue weighted by Crippen LogP contribution is 2.31. The lowest BCUT2D eigenvalue weighted by Crippen LogP contribution is -2.22. The molecule has 0 saturated carbocycles. The average molecular weight is 496 g/mol. The third-order valence-electron chi connectivity index (χ3n) is 5.29. The smallest absolute Gasteiger partial charge is 0.291 e. The van der Waals surface area contributed by atoms with Crippen LogP contribution in [0.25, 0.3) is 0 Å².